The molecule has 1 amide bonds. The molecule has 2 aliphatic heterocycles. The molecule has 0 N–H and O–H groups in total. The second-order valence-corrected chi connectivity index (χ2v) is 9.02. The fourth-order valence-electron chi connectivity index (χ4n) is 4.19. The van der Waals surface area contributed by atoms with Crippen molar-refractivity contribution in [1.29, 1.82) is 0 Å². The Morgan fingerprint density at radius 3 is 2.48 bits per heavy atom. The summed E-state index contributed by atoms with van der Waals surface area (Å²) < 4.78 is 11.2. The molecule has 0 bridgehead atoms. The van der Waals surface area contributed by atoms with Crippen molar-refractivity contribution in [3.63, 3.8) is 0 Å². The number of hydrogen-bond donors (Lipinski definition) is 0. The lowest BCUT2D eigenvalue weighted by Crippen LogP contribution is -2.52. The molecule has 31 heavy (non-hydrogen) atoms. The Bertz CT molecular complexity index is 860. The molecular formula is C23H32N4O3S. The van der Waals surface area contributed by atoms with E-state index in [2.05, 4.69) is 15.2 Å². The molecule has 3 heterocycles. The van der Waals surface area contributed by atoms with E-state index in [9.17, 15) is 4.79 Å². The number of para-hydroxylation sites is 2. The Morgan fingerprint density at radius 2 is 1.77 bits per heavy atom. The molecule has 2 saturated heterocycles. The fraction of sp³-hybridized carbons (Fsp3) is 0.565. The molecule has 7 nitrogen and oxygen atoms in total. The second kappa shape index (κ2) is 10.3. The molecule has 8 heteroatoms. The van der Waals surface area contributed by atoms with Crippen molar-refractivity contribution < 1.29 is 14.3 Å². The van der Waals surface area contributed by atoms with Crippen molar-refractivity contribution in [1.82, 2.24) is 14.8 Å². The smallest absolute Gasteiger partial charge is 0.263 e. The van der Waals surface area contributed by atoms with Gasteiger partial charge in [-0.05, 0) is 45.0 Å². The van der Waals surface area contributed by atoms with Gasteiger partial charge in [0.05, 0.1) is 12.8 Å². The molecule has 2 aliphatic rings. The van der Waals surface area contributed by atoms with Crippen LogP contribution < -0.4 is 14.4 Å². The first-order chi connectivity index (χ1) is 15.1. The van der Waals surface area contributed by atoms with Gasteiger partial charge in [0.15, 0.2) is 22.7 Å². The van der Waals surface area contributed by atoms with Gasteiger partial charge in [0.1, 0.15) is 0 Å². The SMILES string of the molecule is COc1ccccc1OC(C)C(=O)N1CCN(c2nc(CN3CCCCC3)cs2)CC1. The van der Waals surface area contributed by atoms with Crippen molar-refractivity contribution in [3.05, 3.63) is 35.3 Å². The molecule has 2 fully saturated rings. The van der Waals surface area contributed by atoms with E-state index in [0.29, 0.717) is 24.6 Å². The largest absolute Gasteiger partial charge is 0.493 e. The number of thiazole rings is 1. The molecule has 0 aliphatic carbocycles. The Balaban J connectivity index is 1.27. The molecule has 1 unspecified atom stereocenters. The number of piperidine rings is 1. The first-order valence-electron chi connectivity index (χ1n) is 11.1. The summed E-state index contributed by atoms with van der Waals surface area (Å²) in [7, 11) is 1.60. The second-order valence-electron chi connectivity index (χ2n) is 8.18. The van der Waals surface area contributed by atoms with Gasteiger partial charge < -0.3 is 19.3 Å². The summed E-state index contributed by atoms with van der Waals surface area (Å²) >= 11 is 1.71. The first-order valence-corrected chi connectivity index (χ1v) is 12.0. The quantitative estimate of drug-likeness (QED) is 0.653. The highest BCUT2D eigenvalue weighted by molar-refractivity contribution is 7.13. The van der Waals surface area contributed by atoms with Crippen LogP contribution >= 0.6 is 11.3 Å². The maximum absolute atomic E-state index is 12.9. The Labute approximate surface area is 188 Å². The summed E-state index contributed by atoms with van der Waals surface area (Å²) in [5.74, 6) is 1.24. The molecule has 4 rings (SSSR count). The molecule has 0 saturated carbocycles. The highest BCUT2D eigenvalue weighted by Gasteiger charge is 2.27. The van der Waals surface area contributed by atoms with Crippen LogP contribution in [0.25, 0.3) is 0 Å². The molecule has 1 atom stereocenters. The van der Waals surface area contributed by atoms with Crippen LogP contribution in [0.3, 0.4) is 0 Å². The van der Waals surface area contributed by atoms with Gasteiger partial charge in [-0.15, -0.1) is 11.3 Å². The van der Waals surface area contributed by atoms with Crippen molar-refractivity contribution in [3.8, 4) is 11.5 Å². The highest BCUT2D eigenvalue weighted by atomic mass is 32.1. The van der Waals surface area contributed by atoms with Gasteiger partial charge in [-0.25, -0.2) is 4.98 Å². The number of nitrogens with zero attached hydrogens (tertiary/aromatic N) is 4. The van der Waals surface area contributed by atoms with E-state index < -0.39 is 6.10 Å². The third kappa shape index (κ3) is 5.49. The monoisotopic (exact) mass is 444 g/mol. The molecule has 0 spiro atoms. The number of hydrogen-bond acceptors (Lipinski definition) is 7. The van der Waals surface area contributed by atoms with E-state index in [-0.39, 0.29) is 5.91 Å². The van der Waals surface area contributed by atoms with Crippen LogP contribution in [0.2, 0.25) is 0 Å². The zero-order valence-corrected chi connectivity index (χ0v) is 19.3. The molecule has 0 radical (unpaired) electrons. The van der Waals surface area contributed by atoms with Crippen LogP contribution in [0, 0.1) is 0 Å². The minimum absolute atomic E-state index is 0.00971. The number of benzene rings is 1. The van der Waals surface area contributed by atoms with E-state index in [1.54, 1.807) is 25.4 Å². The number of anilines is 1. The van der Waals surface area contributed by atoms with E-state index in [0.717, 1.165) is 24.8 Å². The standard InChI is InChI=1S/C23H32N4O3S/c1-18(30-21-9-5-4-8-20(21)29-2)22(28)26-12-14-27(15-13-26)23-24-19(17-31-23)16-25-10-6-3-7-11-25/h4-5,8-9,17-18H,3,6-7,10-16H2,1-2H3. The topological polar surface area (TPSA) is 58.1 Å². The Morgan fingerprint density at radius 1 is 1.06 bits per heavy atom. The summed E-state index contributed by atoms with van der Waals surface area (Å²) in [6, 6.07) is 7.42. The third-order valence-electron chi connectivity index (χ3n) is 5.96. The van der Waals surface area contributed by atoms with Gasteiger partial charge in [0, 0.05) is 38.1 Å². The average Bonchev–Trinajstić information content (AvgIpc) is 3.28. The Hall–Kier alpha value is -2.32. The number of carbonyl (C=O) groups excluding carboxylic acids is 1. The number of amides is 1. The van der Waals surface area contributed by atoms with Gasteiger partial charge in [-0.3, -0.25) is 9.69 Å². The summed E-state index contributed by atoms with van der Waals surface area (Å²) in [5, 5.41) is 3.25. The van der Waals surface area contributed by atoms with Crippen LogP contribution in [0.5, 0.6) is 11.5 Å². The normalized spacial score (nSPS) is 18.6. The average molecular weight is 445 g/mol. The summed E-state index contributed by atoms with van der Waals surface area (Å²) in [4.78, 5) is 24.4. The minimum atomic E-state index is -0.557. The van der Waals surface area contributed by atoms with Gasteiger partial charge in [-0.1, -0.05) is 18.6 Å². The number of aromatic nitrogens is 1. The molecular weight excluding hydrogens is 412 g/mol. The van der Waals surface area contributed by atoms with Crippen LogP contribution in [0.1, 0.15) is 31.9 Å². The zero-order valence-electron chi connectivity index (χ0n) is 18.5. The molecule has 1 aromatic heterocycles. The van der Waals surface area contributed by atoms with Crippen LogP contribution in [-0.2, 0) is 11.3 Å². The van der Waals surface area contributed by atoms with Crippen molar-refractivity contribution in [2.75, 3.05) is 51.3 Å². The number of likely N-dealkylation sites (tertiary alicyclic amines) is 1. The van der Waals surface area contributed by atoms with Crippen molar-refractivity contribution in [2.45, 2.75) is 38.8 Å². The van der Waals surface area contributed by atoms with Gasteiger partial charge >= 0.3 is 0 Å². The predicted octanol–water partition coefficient (Wildman–Crippen LogP) is 3.25. The van der Waals surface area contributed by atoms with E-state index in [4.69, 9.17) is 14.5 Å². The lowest BCUT2D eigenvalue weighted by molar-refractivity contribution is -0.138. The van der Waals surface area contributed by atoms with Gasteiger partial charge in [-0.2, -0.15) is 0 Å². The number of rotatable bonds is 7. The van der Waals surface area contributed by atoms with E-state index in [1.165, 1.54) is 38.0 Å². The highest BCUT2D eigenvalue weighted by Crippen LogP contribution is 2.28. The number of piperazine rings is 1. The van der Waals surface area contributed by atoms with Crippen LogP contribution in [-0.4, -0.2) is 73.2 Å². The predicted molar refractivity (Wildman–Crippen MR) is 123 cm³/mol. The van der Waals surface area contributed by atoms with Crippen molar-refractivity contribution in [2.24, 2.45) is 0 Å². The number of methoxy groups -OCH3 is 1. The van der Waals surface area contributed by atoms with Crippen LogP contribution in [0.4, 0.5) is 5.13 Å². The summed E-state index contributed by atoms with van der Waals surface area (Å²) in [6.07, 6.45) is 3.39. The lowest BCUT2D eigenvalue weighted by atomic mass is 10.1. The number of carbonyl (C=O) groups is 1. The maximum atomic E-state index is 12.9. The van der Waals surface area contributed by atoms with E-state index in [1.807, 2.05) is 29.2 Å². The zero-order chi connectivity index (χ0) is 21.6. The fourth-order valence-corrected chi connectivity index (χ4v) is 5.06. The third-order valence-corrected chi connectivity index (χ3v) is 6.91. The maximum Gasteiger partial charge on any atom is 0.263 e. The van der Waals surface area contributed by atoms with Crippen LogP contribution in [0.15, 0.2) is 29.6 Å². The summed E-state index contributed by atoms with van der Waals surface area (Å²) in [6.45, 7) is 8.07. The van der Waals surface area contributed by atoms with Gasteiger partial charge in [0.2, 0.25) is 0 Å². The van der Waals surface area contributed by atoms with E-state index >= 15 is 0 Å². The number of ether oxygens (including phenoxy) is 2. The van der Waals surface area contributed by atoms with Crippen molar-refractivity contribution >= 4 is 22.4 Å². The molecule has 2 aromatic rings. The summed E-state index contributed by atoms with van der Waals surface area (Å²) in [5.41, 5.74) is 1.17. The van der Waals surface area contributed by atoms with Gasteiger partial charge in [0.25, 0.3) is 5.91 Å². The minimum Gasteiger partial charge on any atom is -0.493 e. The molecule has 1 aromatic carbocycles. The molecule has 168 valence electrons. The lowest BCUT2D eigenvalue weighted by Gasteiger charge is -2.35. The Kier molecular flexibility index (Phi) is 7.29. The first kappa shape index (κ1) is 21.9.